The molecule has 174 valence electrons. The van der Waals surface area contributed by atoms with Crippen molar-refractivity contribution in [2.24, 2.45) is 5.92 Å². The van der Waals surface area contributed by atoms with Crippen molar-refractivity contribution in [1.82, 2.24) is 9.62 Å². The third-order valence-corrected chi connectivity index (χ3v) is 7.87. The number of sulfonamides is 1. The zero-order valence-corrected chi connectivity index (χ0v) is 20.1. The average molecular weight is 481 g/mol. The molecule has 2 aromatic carbocycles. The second-order valence-electron chi connectivity index (χ2n) is 7.74. The lowest BCUT2D eigenvalue weighted by Gasteiger charge is -2.32. The van der Waals surface area contributed by atoms with Crippen LogP contribution in [0.15, 0.2) is 47.4 Å². The molecule has 0 unspecified atom stereocenters. The Balaban J connectivity index is 1.72. The van der Waals surface area contributed by atoms with Gasteiger partial charge in [-0.3, -0.25) is 4.79 Å². The zero-order valence-electron chi connectivity index (χ0n) is 18.5. The molecule has 0 bridgehead atoms. The zero-order chi connectivity index (χ0) is 23.3. The van der Waals surface area contributed by atoms with Crippen LogP contribution in [0.25, 0.3) is 0 Å². The molecule has 0 spiro atoms. The Labute approximate surface area is 194 Å². The van der Waals surface area contributed by atoms with E-state index >= 15 is 0 Å². The van der Waals surface area contributed by atoms with E-state index in [1.165, 1.54) is 16.4 Å². The fraction of sp³-hybridized carbons (Fsp3) is 0.435. The quantitative estimate of drug-likeness (QED) is 0.616. The molecule has 0 radical (unpaired) electrons. The van der Waals surface area contributed by atoms with Gasteiger partial charge in [0, 0.05) is 18.1 Å². The predicted molar refractivity (Wildman–Crippen MR) is 124 cm³/mol. The molecule has 32 heavy (non-hydrogen) atoms. The molecule has 0 saturated carbocycles. The Bertz CT molecular complexity index is 1040. The topological polar surface area (TPSA) is 84.9 Å². The second kappa shape index (κ2) is 10.6. The van der Waals surface area contributed by atoms with Crippen molar-refractivity contribution in [3.63, 3.8) is 0 Å². The number of hydrogen-bond donors (Lipinski definition) is 1. The standard InChI is InChI=1S/C23H29ClN2O5S/c1-4-20(16-7-12-21(30-2)22(14-16)31-3)25-23(27)17-6-5-13-26(15-17)32(28,29)19-10-8-18(24)9-11-19/h7-12,14,17,20H,4-6,13,15H2,1-3H3,(H,25,27)/t17-,20+/m1/s1. The molecule has 7 nitrogen and oxygen atoms in total. The van der Waals surface area contributed by atoms with Gasteiger partial charge in [-0.2, -0.15) is 4.31 Å². The van der Waals surface area contributed by atoms with Crippen LogP contribution in [0.3, 0.4) is 0 Å². The van der Waals surface area contributed by atoms with Crippen molar-refractivity contribution < 1.29 is 22.7 Å². The summed E-state index contributed by atoms with van der Waals surface area (Å²) in [6.45, 7) is 2.53. The first-order valence-corrected chi connectivity index (χ1v) is 12.4. The van der Waals surface area contributed by atoms with Crippen LogP contribution < -0.4 is 14.8 Å². The van der Waals surface area contributed by atoms with Gasteiger partial charge in [0.2, 0.25) is 15.9 Å². The molecule has 2 atom stereocenters. The molecule has 9 heteroatoms. The third kappa shape index (κ3) is 5.36. The van der Waals surface area contributed by atoms with Crippen LogP contribution in [0.5, 0.6) is 11.5 Å². The van der Waals surface area contributed by atoms with Crippen molar-refractivity contribution in [2.75, 3.05) is 27.3 Å². The van der Waals surface area contributed by atoms with Crippen LogP contribution in [-0.4, -0.2) is 45.9 Å². The number of methoxy groups -OCH3 is 2. The molecule has 1 fully saturated rings. The summed E-state index contributed by atoms with van der Waals surface area (Å²) in [5.74, 6) is 0.644. The highest BCUT2D eigenvalue weighted by Crippen LogP contribution is 2.31. The van der Waals surface area contributed by atoms with Gasteiger partial charge in [0.05, 0.1) is 31.1 Å². The van der Waals surface area contributed by atoms with E-state index in [0.29, 0.717) is 42.3 Å². The van der Waals surface area contributed by atoms with Gasteiger partial charge >= 0.3 is 0 Å². The molecule has 1 saturated heterocycles. The van der Waals surface area contributed by atoms with E-state index < -0.39 is 15.9 Å². The van der Waals surface area contributed by atoms with Crippen LogP contribution >= 0.6 is 11.6 Å². The number of amides is 1. The summed E-state index contributed by atoms with van der Waals surface area (Å²) in [6, 6.07) is 11.4. The van der Waals surface area contributed by atoms with Gasteiger partial charge in [0.1, 0.15) is 0 Å². The van der Waals surface area contributed by atoms with Gasteiger partial charge in [-0.05, 0) is 61.2 Å². The van der Waals surface area contributed by atoms with E-state index in [0.717, 1.165) is 5.56 Å². The van der Waals surface area contributed by atoms with Gasteiger partial charge in [-0.1, -0.05) is 24.6 Å². The monoisotopic (exact) mass is 480 g/mol. The summed E-state index contributed by atoms with van der Waals surface area (Å²) >= 11 is 5.88. The van der Waals surface area contributed by atoms with Crippen molar-refractivity contribution in [1.29, 1.82) is 0 Å². The normalized spacial score (nSPS) is 18.1. The van der Waals surface area contributed by atoms with Gasteiger partial charge in [0.15, 0.2) is 11.5 Å². The highest BCUT2D eigenvalue weighted by Gasteiger charge is 2.34. The molecule has 1 heterocycles. The Hall–Kier alpha value is -2.29. The van der Waals surface area contributed by atoms with E-state index in [2.05, 4.69) is 5.32 Å². The molecule has 1 N–H and O–H groups in total. The molecule has 2 aromatic rings. The molecule has 1 aliphatic rings. The van der Waals surface area contributed by atoms with Crippen molar-refractivity contribution >= 4 is 27.5 Å². The number of ether oxygens (including phenoxy) is 2. The smallest absolute Gasteiger partial charge is 0.243 e. The van der Waals surface area contributed by atoms with Crippen LogP contribution in [0.2, 0.25) is 5.02 Å². The molecule has 3 rings (SSSR count). The van der Waals surface area contributed by atoms with E-state index in [9.17, 15) is 13.2 Å². The van der Waals surface area contributed by atoms with Crippen LogP contribution in [-0.2, 0) is 14.8 Å². The molecule has 1 aliphatic heterocycles. The summed E-state index contributed by atoms with van der Waals surface area (Å²) in [4.78, 5) is 13.2. The summed E-state index contributed by atoms with van der Waals surface area (Å²) < 4.78 is 38.1. The van der Waals surface area contributed by atoms with E-state index in [4.69, 9.17) is 21.1 Å². The maximum Gasteiger partial charge on any atom is 0.243 e. The number of piperidine rings is 1. The first kappa shape index (κ1) is 24.4. The largest absolute Gasteiger partial charge is 0.493 e. The van der Waals surface area contributed by atoms with Crippen LogP contribution in [0, 0.1) is 5.92 Å². The highest BCUT2D eigenvalue weighted by atomic mass is 35.5. The van der Waals surface area contributed by atoms with Crippen LogP contribution in [0.1, 0.15) is 37.8 Å². The number of carbonyl (C=O) groups is 1. The molecular weight excluding hydrogens is 452 g/mol. The highest BCUT2D eigenvalue weighted by molar-refractivity contribution is 7.89. The Kier molecular flexibility index (Phi) is 8.03. The minimum atomic E-state index is -3.68. The lowest BCUT2D eigenvalue weighted by Crippen LogP contribution is -2.46. The summed E-state index contributed by atoms with van der Waals surface area (Å²) in [5.41, 5.74) is 0.903. The average Bonchev–Trinajstić information content (AvgIpc) is 2.82. The van der Waals surface area contributed by atoms with E-state index in [1.807, 2.05) is 25.1 Å². The number of nitrogens with one attached hydrogen (secondary N) is 1. The summed E-state index contributed by atoms with van der Waals surface area (Å²) in [5, 5.41) is 3.56. The Morgan fingerprint density at radius 3 is 2.47 bits per heavy atom. The van der Waals surface area contributed by atoms with Gasteiger partial charge in [0.25, 0.3) is 0 Å². The summed E-state index contributed by atoms with van der Waals surface area (Å²) in [7, 11) is -0.543. The molecule has 0 aromatic heterocycles. The summed E-state index contributed by atoms with van der Waals surface area (Å²) in [6.07, 6.45) is 1.94. The van der Waals surface area contributed by atoms with Gasteiger partial charge in [-0.15, -0.1) is 0 Å². The lowest BCUT2D eigenvalue weighted by atomic mass is 9.97. The maximum atomic E-state index is 13.1. The number of rotatable bonds is 8. The third-order valence-electron chi connectivity index (χ3n) is 5.74. The SMILES string of the molecule is CC[C@H](NC(=O)[C@@H]1CCCN(S(=O)(=O)c2ccc(Cl)cc2)C1)c1ccc(OC)c(OC)c1. The van der Waals surface area contributed by atoms with Gasteiger partial charge in [-0.25, -0.2) is 8.42 Å². The van der Waals surface area contributed by atoms with Gasteiger partial charge < -0.3 is 14.8 Å². The number of nitrogens with zero attached hydrogens (tertiary/aromatic N) is 1. The van der Waals surface area contributed by atoms with Crippen molar-refractivity contribution in [3.05, 3.63) is 53.1 Å². The van der Waals surface area contributed by atoms with E-state index in [-0.39, 0.29) is 23.4 Å². The van der Waals surface area contributed by atoms with Crippen molar-refractivity contribution in [3.8, 4) is 11.5 Å². The predicted octanol–water partition coefficient (Wildman–Crippen LogP) is 4.03. The fourth-order valence-electron chi connectivity index (χ4n) is 3.91. The maximum absolute atomic E-state index is 13.1. The first-order chi connectivity index (χ1) is 15.3. The molecular formula is C23H29ClN2O5S. The minimum Gasteiger partial charge on any atom is -0.493 e. The Morgan fingerprint density at radius 1 is 1.16 bits per heavy atom. The number of hydrogen-bond acceptors (Lipinski definition) is 5. The lowest BCUT2D eigenvalue weighted by molar-refractivity contribution is -0.126. The molecule has 0 aliphatic carbocycles. The second-order valence-corrected chi connectivity index (χ2v) is 10.1. The minimum absolute atomic E-state index is 0.150. The fourth-order valence-corrected chi connectivity index (χ4v) is 5.56. The van der Waals surface area contributed by atoms with Crippen molar-refractivity contribution in [2.45, 2.75) is 37.1 Å². The number of benzene rings is 2. The Morgan fingerprint density at radius 2 is 1.84 bits per heavy atom. The number of carbonyl (C=O) groups excluding carboxylic acids is 1. The number of halogens is 1. The van der Waals surface area contributed by atoms with Crippen LogP contribution in [0.4, 0.5) is 0 Å². The first-order valence-electron chi connectivity index (χ1n) is 10.6. The van der Waals surface area contributed by atoms with E-state index in [1.54, 1.807) is 26.4 Å². The molecule has 1 amide bonds.